The van der Waals surface area contributed by atoms with Crippen molar-refractivity contribution in [3.05, 3.63) is 146 Å². The second kappa shape index (κ2) is 8.95. The molecule has 7 aromatic carbocycles. The van der Waals surface area contributed by atoms with Crippen LogP contribution in [0.25, 0.3) is 87.8 Å². The van der Waals surface area contributed by atoms with E-state index in [9.17, 15) is 0 Å². The number of hydrogen-bond donors (Lipinski definition) is 0. The molecule has 9 rings (SSSR count). The molecule has 2 aromatic heterocycles. The van der Waals surface area contributed by atoms with Crippen LogP contribution in [0.2, 0.25) is 0 Å². The van der Waals surface area contributed by atoms with Crippen molar-refractivity contribution in [3.8, 4) is 33.4 Å². The Hall–Kier alpha value is -5.60. The lowest BCUT2D eigenvalue weighted by Gasteiger charge is -2.17. The van der Waals surface area contributed by atoms with Crippen LogP contribution in [0.15, 0.2) is 155 Å². The predicted molar refractivity (Wildman–Crippen MR) is 175 cm³/mol. The zero-order chi connectivity index (χ0) is 27.6. The predicted octanol–water partition coefficient (Wildman–Crippen LogP) is 11.6. The molecule has 0 saturated heterocycles. The molecule has 0 atom stereocenters. The van der Waals surface area contributed by atoms with Crippen LogP contribution in [0.1, 0.15) is 0 Å². The van der Waals surface area contributed by atoms with E-state index in [-0.39, 0.29) is 0 Å². The van der Waals surface area contributed by atoms with E-state index >= 15 is 0 Å². The molecule has 0 fully saturated rings. The van der Waals surface area contributed by atoms with Crippen molar-refractivity contribution in [1.29, 1.82) is 0 Å². The number of para-hydroxylation sites is 1. The molecule has 0 aliphatic heterocycles. The Morgan fingerprint density at radius 3 is 1.48 bits per heavy atom. The average molecular weight is 537 g/mol. The molecule has 0 aliphatic carbocycles. The van der Waals surface area contributed by atoms with Crippen molar-refractivity contribution in [1.82, 2.24) is 0 Å². The first-order chi connectivity index (χ1) is 20.8. The van der Waals surface area contributed by atoms with Gasteiger partial charge in [-0.2, -0.15) is 0 Å². The number of rotatable bonds is 3. The van der Waals surface area contributed by atoms with E-state index in [2.05, 4.69) is 121 Å². The number of hydrogen-bond acceptors (Lipinski definition) is 2. The lowest BCUT2D eigenvalue weighted by atomic mass is 9.86. The minimum absolute atomic E-state index is 0.788. The molecule has 0 saturated carbocycles. The van der Waals surface area contributed by atoms with Gasteiger partial charge in [-0.3, -0.25) is 0 Å². The molecule has 196 valence electrons. The third kappa shape index (κ3) is 3.33. The maximum absolute atomic E-state index is 6.22. The van der Waals surface area contributed by atoms with E-state index in [4.69, 9.17) is 8.83 Å². The summed E-state index contributed by atoms with van der Waals surface area (Å²) in [6.07, 6.45) is 1.85. The molecular formula is C40H24O2. The summed E-state index contributed by atoms with van der Waals surface area (Å²) in [5.41, 5.74) is 9.60. The third-order valence-electron chi connectivity index (χ3n) is 8.56. The minimum Gasteiger partial charge on any atom is -0.460 e. The Bertz CT molecular complexity index is 2380. The van der Waals surface area contributed by atoms with Gasteiger partial charge >= 0.3 is 0 Å². The van der Waals surface area contributed by atoms with Crippen LogP contribution < -0.4 is 0 Å². The van der Waals surface area contributed by atoms with Crippen LogP contribution in [0.4, 0.5) is 0 Å². The SMILES string of the molecule is c1ccc(-c2c3ccccc3c(-c3ccc(-c4coc5c4ccc4c6ccccc6oc45)cc3)c3ccccc23)cc1. The zero-order valence-corrected chi connectivity index (χ0v) is 22.7. The molecule has 0 unspecified atom stereocenters. The normalized spacial score (nSPS) is 11.8. The van der Waals surface area contributed by atoms with Crippen LogP contribution in [0.3, 0.4) is 0 Å². The molecule has 0 bridgehead atoms. The van der Waals surface area contributed by atoms with Crippen molar-refractivity contribution in [2.24, 2.45) is 0 Å². The van der Waals surface area contributed by atoms with Crippen LogP contribution in [0, 0.1) is 0 Å². The zero-order valence-electron chi connectivity index (χ0n) is 22.7. The summed E-state index contributed by atoms with van der Waals surface area (Å²) in [6, 6.07) is 49.6. The van der Waals surface area contributed by atoms with E-state index in [0.29, 0.717) is 0 Å². The molecule has 2 nitrogen and oxygen atoms in total. The van der Waals surface area contributed by atoms with Gasteiger partial charge < -0.3 is 8.83 Å². The fourth-order valence-corrected chi connectivity index (χ4v) is 6.67. The van der Waals surface area contributed by atoms with Crippen molar-refractivity contribution in [3.63, 3.8) is 0 Å². The van der Waals surface area contributed by atoms with E-state index < -0.39 is 0 Å². The summed E-state index contributed by atoms with van der Waals surface area (Å²) >= 11 is 0. The molecule has 0 N–H and O–H groups in total. The van der Waals surface area contributed by atoms with Crippen LogP contribution >= 0.6 is 0 Å². The highest BCUT2D eigenvalue weighted by Gasteiger charge is 2.18. The fraction of sp³-hybridized carbons (Fsp3) is 0. The number of furan rings is 2. The maximum Gasteiger partial charge on any atom is 0.178 e. The van der Waals surface area contributed by atoms with Gasteiger partial charge in [-0.1, -0.05) is 121 Å². The maximum atomic E-state index is 6.22. The standard InChI is InChI=1S/C40H24O2/c1-2-10-26(11-3-1)37-29-13-4-6-15-31(29)38(32-16-7-5-14-30(32)37)27-20-18-25(19-21-27)35-24-41-39-34(35)23-22-33-28-12-8-9-17-36(28)42-40(33)39/h1-24H. The van der Waals surface area contributed by atoms with Crippen molar-refractivity contribution < 1.29 is 8.83 Å². The Morgan fingerprint density at radius 2 is 0.833 bits per heavy atom. The summed E-state index contributed by atoms with van der Waals surface area (Å²) < 4.78 is 12.4. The molecular weight excluding hydrogens is 512 g/mol. The number of fused-ring (bicyclic) bond motifs is 7. The van der Waals surface area contributed by atoms with Crippen LogP contribution in [0.5, 0.6) is 0 Å². The Morgan fingerprint density at radius 1 is 0.333 bits per heavy atom. The van der Waals surface area contributed by atoms with Gasteiger partial charge in [0.05, 0.1) is 6.26 Å². The average Bonchev–Trinajstić information content (AvgIpc) is 3.66. The topological polar surface area (TPSA) is 26.3 Å². The molecule has 2 heteroatoms. The van der Waals surface area contributed by atoms with E-state index in [1.54, 1.807) is 0 Å². The van der Waals surface area contributed by atoms with E-state index in [1.807, 2.05) is 24.5 Å². The molecule has 2 heterocycles. The van der Waals surface area contributed by atoms with Gasteiger partial charge in [0.2, 0.25) is 0 Å². The largest absolute Gasteiger partial charge is 0.460 e. The van der Waals surface area contributed by atoms with Crippen molar-refractivity contribution >= 4 is 54.5 Å². The smallest absolute Gasteiger partial charge is 0.178 e. The van der Waals surface area contributed by atoms with Gasteiger partial charge in [0.25, 0.3) is 0 Å². The Balaban J connectivity index is 1.22. The van der Waals surface area contributed by atoms with Gasteiger partial charge in [0.1, 0.15) is 5.58 Å². The Labute approximate surface area is 242 Å². The lowest BCUT2D eigenvalue weighted by molar-refractivity contribution is 0.600. The van der Waals surface area contributed by atoms with Crippen LogP contribution in [-0.4, -0.2) is 0 Å². The molecule has 42 heavy (non-hydrogen) atoms. The summed E-state index contributed by atoms with van der Waals surface area (Å²) in [5, 5.41) is 8.26. The highest BCUT2D eigenvalue weighted by molar-refractivity contribution is 6.21. The third-order valence-corrected chi connectivity index (χ3v) is 8.56. The highest BCUT2D eigenvalue weighted by Crippen LogP contribution is 2.44. The second-order valence-electron chi connectivity index (χ2n) is 10.9. The lowest BCUT2D eigenvalue weighted by Crippen LogP contribution is -1.90. The van der Waals surface area contributed by atoms with Crippen molar-refractivity contribution in [2.75, 3.05) is 0 Å². The van der Waals surface area contributed by atoms with Gasteiger partial charge in [0.15, 0.2) is 11.2 Å². The van der Waals surface area contributed by atoms with Gasteiger partial charge in [-0.05, 0) is 67.6 Å². The summed E-state index contributed by atoms with van der Waals surface area (Å²) in [7, 11) is 0. The van der Waals surface area contributed by atoms with Gasteiger partial charge in [0, 0.05) is 21.7 Å². The molecule has 9 aromatic rings. The first-order valence-electron chi connectivity index (χ1n) is 14.3. The summed E-state index contributed by atoms with van der Waals surface area (Å²) in [5.74, 6) is 0. The molecule has 0 spiro atoms. The number of benzene rings is 7. The fourth-order valence-electron chi connectivity index (χ4n) is 6.67. The minimum atomic E-state index is 0.788. The summed E-state index contributed by atoms with van der Waals surface area (Å²) in [6.45, 7) is 0. The molecule has 0 amide bonds. The van der Waals surface area contributed by atoms with Gasteiger partial charge in [-0.15, -0.1) is 0 Å². The summed E-state index contributed by atoms with van der Waals surface area (Å²) in [4.78, 5) is 0. The Kier molecular flexibility index (Phi) is 4.93. The second-order valence-corrected chi connectivity index (χ2v) is 10.9. The highest BCUT2D eigenvalue weighted by atomic mass is 16.4. The van der Waals surface area contributed by atoms with Crippen LogP contribution in [-0.2, 0) is 0 Å². The molecule has 0 radical (unpaired) electrons. The first kappa shape index (κ1) is 23.1. The molecule has 0 aliphatic rings. The quantitative estimate of drug-likeness (QED) is 0.210. The first-order valence-corrected chi connectivity index (χ1v) is 14.3. The monoisotopic (exact) mass is 536 g/mol. The van der Waals surface area contributed by atoms with Gasteiger partial charge in [-0.25, -0.2) is 0 Å². The van der Waals surface area contributed by atoms with E-state index in [0.717, 1.165) is 44.0 Å². The van der Waals surface area contributed by atoms with Crippen molar-refractivity contribution in [2.45, 2.75) is 0 Å². The van der Waals surface area contributed by atoms with E-state index in [1.165, 1.54) is 43.8 Å².